The van der Waals surface area contributed by atoms with E-state index in [0.29, 0.717) is 6.04 Å². The number of hydrogen-bond acceptors (Lipinski definition) is 5. The summed E-state index contributed by atoms with van der Waals surface area (Å²) in [4.78, 5) is 27.6. The van der Waals surface area contributed by atoms with Crippen molar-refractivity contribution in [2.24, 2.45) is 0 Å². The van der Waals surface area contributed by atoms with Crippen molar-refractivity contribution >= 4 is 11.6 Å². The van der Waals surface area contributed by atoms with E-state index in [1.54, 1.807) is 17.0 Å². The number of nitro groups is 1. The number of nitrogens with zero attached hydrogens (tertiary/aromatic N) is 3. The van der Waals surface area contributed by atoms with Gasteiger partial charge in [0.25, 0.3) is 5.91 Å². The highest BCUT2D eigenvalue weighted by atomic mass is 16.6. The fourth-order valence-corrected chi connectivity index (χ4v) is 4.20. The van der Waals surface area contributed by atoms with Crippen molar-refractivity contribution in [3.8, 4) is 5.75 Å². The highest BCUT2D eigenvalue weighted by molar-refractivity contribution is 5.78. The Morgan fingerprint density at radius 3 is 2.65 bits per heavy atom. The fraction of sp³-hybridized carbons (Fsp3) is 0.632. The van der Waals surface area contributed by atoms with Gasteiger partial charge in [0.05, 0.1) is 4.92 Å². The molecule has 1 saturated carbocycles. The number of ether oxygens (including phenoxy) is 1. The third-order valence-corrected chi connectivity index (χ3v) is 5.61. The molecule has 26 heavy (non-hydrogen) atoms. The van der Waals surface area contributed by atoms with Gasteiger partial charge < -0.3 is 9.64 Å². The van der Waals surface area contributed by atoms with Crippen LogP contribution < -0.4 is 4.74 Å². The highest BCUT2D eigenvalue weighted by Crippen LogP contribution is 2.30. The van der Waals surface area contributed by atoms with E-state index in [1.807, 2.05) is 7.05 Å². The van der Waals surface area contributed by atoms with Crippen LogP contribution in [-0.4, -0.2) is 59.5 Å². The van der Waals surface area contributed by atoms with Crippen LogP contribution in [0.3, 0.4) is 0 Å². The first-order valence-electron chi connectivity index (χ1n) is 9.44. The summed E-state index contributed by atoms with van der Waals surface area (Å²) in [5, 5.41) is 11.1. The summed E-state index contributed by atoms with van der Waals surface area (Å²) in [6.45, 7) is 2.07. The Hall–Kier alpha value is -2.15. The second-order valence-electron chi connectivity index (χ2n) is 7.18. The Bertz CT molecular complexity index is 645. The minimum absolute atomic E-state index is 0.115. The number of hydrogen-bond donors (Lipinski definition) is 0. The Morgan fingerprint density at radius 2 is 1.92 bits per heavy atom. The van der Waals surface area contributed by atoms with Gasteiger partial charge in [-0.2, -0.15) is 0 Å². The van der Waals surface area contributed by atoms with Crippen LogP contribution in [0, 0.1) is 10.1 Å². The molecule has 1 heterocycles. The Balaban J connectivity index is 1.62. The van der Waals surface area contributed by atoms with E-state index >= 15 is 0 Å². The molecule has 2 atom stereocenters. The number of likely N-dealkylation sites (N-methyl/N-ethyl adjacent to an activating group) is 1. The molecule has 0 radical (unpaired) electrons. The molecule has 7 heteroatoms. The SMILES string of the molecule is CN(C(=O)COc1ccccc1[N+](=O)[O-])[C@@H]1CCCC[C@H]1N1CCCC1. The molecule has 0 bridgehead atoms. The number of nitro benzene ring substituents is 1. The van der Waals surface area contributed by atoms with Gasteiger partial charge in [0.15, 0.2) is 12.4 Å². The van der Waals surface area contributed by atoms with E-state index in [4.69, 9.17) is 4.74 Å². The largest absolute Gasteiger partial charge is 0.477 e. The number of carbonyl (C=O) groups is 1. The zero-order chi connectivity index (χ0) is 18.5. The summed E-state index contributed by atoms with van der Waals surface area (Å²) in [5.41, 5.74) is -0.115. The number of amides is 1. The molecule has 1 amide bonds. The van der Waals surface area contributed by atoms with E-state index in [0.717, 1.165) is 32.4 Å². The van der Waals surface area contributed by atoms with Gasteiger partial charge in [-0.1, -0.05) is 25.0 Å². The Kier molecular flexibility index (Phi) is 6.08. The van der Waals surface area contributed by atoms with E-state index in [-0.39, 0.29) is 30.0 Å². The lowest BCUT2D eigenvalue weighted by Gasteiger charge is -2.42. The van der Waals surface area contributed by atoms with Crippen LogP contribution in [0.1, 0.15) is 38.5 Å². The Morgan fingerprint density at radius 1 is 1.23 bits per heavy atom. The first-order valence-corrected chi connectivity index (χ1v) is 9.44. The molecular weight excluding hydrogens is 334 g/mol. The third-order valence-electron chi connectivity index (χ3n) is 5.61. The van der Waals surface area contributed by atoms with Gasteiger partial charge in [-0.05, 0) is 44.8 Å². The lowest BCUT2D eigenvalue weighted by atomic mass is 9.88. The van der Waals surface area contributed by atoms with Gasteiger partial charge in [0, 0.05) is 25.2 Å². The van der Waals surface area contributed by atoms with E-state index in [1.165, 1.54) is 31.4 Å². The topological polar surface area (TPSA) is 75.9 Å². The van der Waals surface area contributed by atoms with E-state index < -0.39 is 4.92 Å². The molecule has 1 aromatic carbocycles. The summed E-state index contributed by atoms with van der Waals surface area (Å²) >= 11 is 0. The number of benzene rings is 1. The normalized spacial score (nSPS) is 23.6. The molecule has 7 nitrogen and oxygen atoms in total. The zero-order valence-electron chi connectivity index (χ0n) is 15.3. The number of carbonyl (C=O) groups excluding carboxylic acids is 1. The van der Waals surface area contributed by atoms with E-state index in [9.17, 15) is 14.9 Å². The molecule has 142 valence electrons. The minimum Gasteiger partial charge on any atom is -0.477 e. The maximum atomic E-state index is 12.7. The van der Waals surface area contributed by atoms with Crippen molar-refractivity contribution in [1.29, 1.82) is 0 Å². The molecule has 0 unspecified atom stereocenters. The summed E-state index contributed by atoms with van der Waals surface area (Å²) < 4.78 is 5.49. The summed E-state index contributed by atoms with van der Waals surface area (Å²) in [6.07, 6.45) is 6.97. The lowest BCUT2D eigenvalue weighted by Crippen LogP contribution is -2.54. The van der Waals surface area contributed by atoms with Crippen molar-refractivity contribution < 1.29 is 14.5 Å². The maximum Gasteiger partial charge on any atom is 0.310 e. The minimum atomic E-state index is -0.492. The summed E-state index contributed by atoms with van der Waals surface area (Å²) in [6, 6.07) is 6.78. The van der Waals surface area contributed by atoms with Gasteiger partial charge in [-0.15, -0.1) is 0 Å². The van der Waals surface area contributed by atoms with Crippen LogP contribution >= 0.6 is 0 Å². The van der Waals surface area contributed by atoms with Crippen LogP contribution in [0.15, 0.2) is 24.3 Å². The quantitative estimate of drug-likeness (QED) is 0.575. The molecule has 2 fully saturated rings. The van der Waals surface area contributed by atoms with Crippen LogP contribution in [0.5, 0.6) is 5.75 Å². The zero-order valence-corrected chi connectivity index (χ0v) is 15.3. The maximum absolute atomic E-state index is 12.7. The monoisotopic (exact) mass is 361 g/mol. The van der Waals surface area contributed by atoms with Gasteiger partial charge in [0.1, 0.15) is 0 Å². The van der Waals surface area contributed by atoms with Crippen molar-refractivity contribution in [3.05, 3.63) is 34.4 Å². The number of likely N-dealkylation sites (tertiary alicyclic amines) is 1. The predicted molar refractivity (Wildman–Crippen MR) is 98.2 cm³/mol. The van der Waals surface area contributed by atoms with Gasteiger partial charge >= 0.3 is 5.69 Å². The first kappa shape index (κ1) is 18.6. The smallest absolute Gasteiger partial charge is 0.310 e. The molecule has 0 N–H and O–H groups in total. The second-order valence-corrected chi connectivity index (χ2v) is 7.18. The van der Waals surface area contributed by atoms with Crippen LogP contribution in [0.4, 0.5) is 5.69 Å². The van der Waals surface area contributed by atoms with Crippen molar-refractivity contribution in [1.82, 2.24) is 9.80 Å². The van der Waals surface area contributed by atoms with Crippen molar-refractivity contribution in [2.45, 2.75) is 50.6 Å². The van der Waals surface area contributed by atoms with Crippen molar-refractivity contribution in [2.75, 3.05) is 26.7 Å². The van der Waals surface area contributed by atoms with Crippen LogP contribution in [-0.2, 0) is 4.79 Å². The standard InChI is InChI=1S/C19H27N3O4/c1-20(15-8-2-3-9-16(15)21-12-6-7-13-21)19(23)14-26-18-11-5-4-10-17(18)22(24)25/h4-5,10-11,15-16H,2-3,6-9,12-14H2,1H3/t15-,16-/m1/s1. The van der Waals surface area contributed by atoms with Crippen LogP contribution in [0.25, 0.3) is 0 Å². The third kappa shape index (κ3) is 4.15. The highest BCUT2D eigenvalue weighted by Gasteiger charge is 2.35. The van der Waals surface area contributed by atoms with Gasteiger partial charge in [0.2, 0.25) is 0 Å². The Labute approximate surface area is 154 Å². The van der Waals surface area contributed by atoms with Crippen LogP contribution in [0.2, 0.25) is 0 Å². The predicted octanol–water partition coefficient (Wildman–Crippen LogP) is 2.84. The second kappa shape index (κ2) is 8.49. The van der Waals surface area contributed by atoms with Gasteiger partial charge in [-0.25, -0.2) is 0 Å². The molecule has 2 aliphatic rings. The summed E-state index contributed by atoms with van der Waals surface area (Å²) in [7, 11) is 1.84. The van der Waals surface area contributed by atoms with E-state index in [2.05, 4.69) is 4.90 Å². The first-order chi connectivity index (χ1) is 12.6. The van der Waals surface area contributed by atoms with Crippen molar-refractivity contribution in [3.63, 3.8) is 0 Å². The van der Waals surface area contributed by atoms with Gasteiger partial charge in [-0.3, -0.25) is 19.8 Å². The summed E-state index contributed by atoms with van der Waals surface area (Å²) in [5.74, 6) is 0.0123. The molecule has 0 spiro atoms. The number of rotatable bonds is 6. The fourth-order valence-electron chi connectivity index (χ4n) is 4.20. The molecule has 1 saturated heterocycles. The molecule has 3 rings (SSSR count). The molecule has 1 aliphatic heterocycles. The average Bonchev–Trinajstić information content (AvgIpc) is 3.20. The molecule has 1 aromatic rings. The number of para-hydroxylation sites is 2. The average molecular weight is 361 g/mol. The molecule has 1 aliphatic carbocycles. The molecule has 0 aromatic heterocycles. The lowest BCUT2D eigenvalue weighted by molar-refractivity contribution is -0.385. The molecular formula is C19H27N3O4.